The fourth-order valence-corrected chi connectivity index (χ4v) is 2.89. The Morgan fingerprint density at radius 2 is 2.05 bits per heavy atom. The molecular weight excluding hydrogens is 286 g/mol. The zero-order valence-electron chi connectivity index (χ0n) is 11.7. The standard InChI is InChI=1S/C17H18ClNO2/c18-14-5-3-4-13(10-14)11-19-12-15(8-9-20)21-17-7-2-1-6-16(17)19/h1-7,10,15,20H,8-9,11-12H2. The molecule has 0 saturated heterocycles. The van der Waals surface area contributed by atoms with E-state index in [-0.39, 0.29) is 12.7 Å². The van der Waals surface area contributed by atoms with Crippen molar-refractivity contribution >= 4 is 17.3 Å². The van der Waals surface area contributed by atoms with Crippen LogP contribution in [-0.4, -0.2) is 24.4 Å². The van der Waals surface area contributed by atoms with Crippen molar-refractivity contribution in [1.82, 2.24) is 0 Å². The van der Waals surface area contributed by atoms with Gasteiger partial charge in [0.25, 0.3) is 0 Å². The van der Waals surface area contributed by atoms with Gasteiger partial charge >= 0.3 is 0 Å². The molecule has 1 heterocycles. The van der Waals surface area contributed by atoms with E-state index in [9.17, 15) is 0 Å². The van der Waals surface area contributed by atoms with E-state index in [4.69, 9.17) is 21.4 Å². The second-order valence-corrected chi connectivity index (χ2v) is 5.67. The van der Waals surface area contributed by atoms with Crippen LogP contribution in [0.25, 0.3) is 0 Å². The van der Waals surface area contributed by atoms with Gasteiger partial charge in [0.15, 0.2) is 0 Å². The molecule has 2 aromatic carbocycles. The molecule has 3 nitrogen and oxygen atoms in total. The first-order valence-corrected chi connectivity index (χ1v) is 7.50. The minimum absolute atomic E-state index is 0.0177. The molecule has 0 saturated carbocycles. The van der Waals surface area contributed by atoms with Gasteiger partial charge in [0, 0.05) is 24.6 Å². The number of halogens is 1. The molecule has 1 aliphatic heterocycles. The summed E-state index contributed by atoms with van der Waals surface area (Å²) in [5.74, 6) is 0.879. The predicted octanol–water partition coefficient (Wildman–Crippen LogP) is 3.49. The number of aliphatic hydroxyl groups excluding tert-OH is 1. The van der Waals surface area contributed by atoms with Crippen molar-refractivity contribution in [2.45, 2.75) is 19.1 Å². The van der Waals surface area contributed by atoms with E-state index in [1.165, 1.54) is 5.56 Å². The molecule has 21 heavy (non-hydrogen) atoms. The molecule has 4 heteroatoms. The van der Waals surface area contributed by atoms with Crippen LogP contribution in [0.3, 0.4) is 0 Å². The molecule has 0 aromatic heterocycles. The largest absolute Gasteiger partial charge is 0.486 e. The van der Waals surface area contributed by atoms with E-state index < -0.39 is 0 Å². The summed E-state index contributed by atoms with van der Waals surface area (Å²) in [6, 6.07) is 15.9. The number of hydrogen-bond donors (Lipinski definition) is 1. The van der Waals surface area contributed by atoms with Crippen LogP contribution < -0.4 is 9.64 Å². The summed E-state index contributed by atoms with van der Waals surface area (Å²) in [6.45, 7) is 1.69. The maximum atomic E-state index is 9.16. The van der Waals surface area contributed by atoms with Gasteiger partial charge in [0.2, 0.25) is 0 Å². The molecule has 0 spiro atoms. The zero-order chi connectivity index (χ0) is 14.7. The van der Waals surface area contributed by atoms with Crippen molar-refractivity contribution in [1.29, 1.82) is 0 Å². The molecule has 1 atom stereocenters. The lowest BCUT2D eigenvalue weighted by atomic mass is 10.1. The average molecular weight is 304 g/mol. The molecule has 0 fully saturated rings. The Morgan fingerprint density at radius 1 is 1.19 bits per heavy atom. The second-order valence-electron chi connectivity index (χ2n) is 5.23. The molecule has 110 valence electrons. The Labute approximate surface area is 129 Å². The first kappa shape index (κ1) is 14.2. The quantitative estimate of drug-likeness (QED) is 0.938. The summed E-state index contributed by atoms with van der Waals surface area (Å²) < 4.78 is 5.94. The first-order chi connectivity index (χ1) is 10.3. The predicted molar refractivity (Wildman–Crippen MR) is 85.1 cm³/mol. The fraction of sp³-hybridized carbons (Fsp3) is 0.294. The molecule has 0 radical (unpaired) electrons. The lowest BCUT2D eigenvalue weighted by Crippen LogP contribution is -2.40. The average Bonchev–Trinajstić information content (AvgIpc) is 2.48. The van der Waals surface area contributed by atoms with Crippen molar-refractivity contribution in [2.24, 2.45) is 0 Å². The van der Waals surface area contributed by atoms with E-state index in [1.54, 1.807) is 0 Å². The van der Waals surface area contributed by atoms with Gasteiger partial charge in [-0.05, 0) is 29.8 Å². The van der Waals surface area contributed by atoms with E-state index in [0.717, 1.165) is 29.5 Å². The number of rotatable bonds is 4. The number of nitrogens with zero attached hydrogens (tertiary/aromatic N) is 1. The van der Waals surface area contributed by atoms with Gasteiger partial charge in [-0.3, -0.25) is 0 Å². The Balaban J connectivity index is 1.86. The van der Waals surface area contributed by atoms with Crippen LogP contribution in [0.1, 0.15) is 12.0 Å². The van der Waals surface area contributed by atoms with Crippen LogP contribution in [-0.2, 0) is 6.54 Å². The molecular formula is C17H18ClNO2. The van der Waals surface area contributed by atoms with Gasteiger partial charge in [-0.25, -0.2) is 0 Å². The monoisotopic (exact) mass is 303 g/mol. The van der Waals surface area contributed by atoms with Gasteiger partial charge in [0.1, 0.15) is 11.9 Å². The highest BCUT2D eigenvalue weighted by molar-refractivity contribution is 6.30. The van der Waals surface area contributed by atoms with Crippen molar-refractivity contribution in [3.63, 3.8) is 0 Å². The van der Waals surface area contributed by atoms with Crippen molar-refractivity contribution < 1.29 is 9.84 Å². The fourth-order valence-electron chi connectivity index (χ4n) is 2.68. The zero-order valence-corrected chi connectivity index (χ0v) is 12.5. The molecule has 2 aromatic rings. The SMILES string of the molecule is OCCC1CN(Cc2cccc(Cl)c2)c2ccccc2O1. The molecule has 0 amide bonds. The van der Waals surface area contributed by atoms with Crippen LogP contribution in [0.15, 0.2) is 48.5 Å². The lowest BCUT2D eigenvalue weighted by molar-refractivity contribution is 0.149. The number of ether oxygens (including phenoxy) is 1. The summed E-state index contributed by atoms with van der Waals surface area (Å²) in [7, 11) is 0. The molecule has 0 bridgehead atoms. The smallest absolute Gasteiger partial charge is 0.143 e. The molecule has 0 aliphatic carbocycles. The van der Waals surface area contributed by atoms with Gasteiger partial charge in [-0.2, -0.15) is 0 Å². The van der Waals surface area contributed by atoms with E-state index in [2.05, 4.69) is 17.0 Å². The number of anilines is 1. The molecule has 1 unspecified atom stereocenters. The third-order valence-corrected chi connectivity index (χ3v) is 3.87. The third kappa shape index (κ3) is 3.31. The highest BCUT2D eigenvalue weighted by Gasteiger charge is 2.25. The second kappa shape index (κ2) is 6.37. The van der Waals surface area contributed by atoms with Gasteiger partial charge < -0.3 is 14.7 Å². The topological polar surface area (TPSA) is 32.7 Å². The summed E-state index contributed by atoms with van der Waals surface area (Å²) in [6.07, 6.45) is 0.657. The Kier molecular flexibility index (Phi) is 4.32. The van der Waals surface area contributed by atoms with E-state index in [0.29, 0.717) is 6.42 Å². The maximum Gasteiger partial charge on any atom is 0.143 e. The number of para-hydroxylation sites is 2. The Morgan fingerprint density at radius 3 is 2.86 bits per heavy atom. The normalized spacial score (nSPS) is 17.2. The van der Waals surface area contributed by atoms with Crippen LogP contribution in [0, 0.1) is 0 Å². The lowest BCUT2D eigenvalue weighted by Gasteiger charge is -2.36. The minimum atomic E-state index is 0.0177. The number of aliphatic hydroxyl groups is 1. The number of benzene rings is 2. The van der Waals surface area contributed by atoms with Crippen molar-refractivity contribution in [3.8, 4) is 5.75 Å². The van der Waals surface area contributed by atoms with Gasteiger partial charge in [0.05, 0.1) is 12.2 Å². The molecule has 1 aliphatic rings. The number of fused-ring (bicyclic) bond motifs is 1. The van der Waals surface area contributed by atoms with Gasteiger partial charge in [-0.1, -0.05) is 35.9 Å². The molecule has 3 rings (SSSR count). The first-order valence-electron chi connectivity index (χ1n) is 7.12. The Hall–Kier alpha value is -1.71. The Bertz CT molecular complexity index is 617. The van der Waals surface area contributed by atoms with Crippen LogP contribution in [0.4, 0.5) is 5.69 Å². The maximum absolute atomic E-state index is 9.16. The van der Waals surface area contributed by atoms with Gasteiger partial charge in [-0.15, -0.1) is 0 Å². The molecule has 1 N–H and O–H groups in total. The van der Waals surface area contributed by atoms with E-state index in [1.807, 2.05) is 36.4 Å². The summed E-state index contributed by atoms with van der Waals surface area (Å²) in [4.78, 5) is 2.28. The van der Waals surface area contributed by atoms with Crippen molar-refractivity contribution in [3.05, 3.63) is 59.1 Å². The highest BCUT2D eigenvalue weighted by atomic mass is 35.5. The summed E-state index contributed by atoms with van der Waals surface area (Å²) in [5, 5.41) is 9.91. The summed E-state index contributed by atoms with van der Waals surface area (Å²) >= 11 is 6.06. The minimum Gasteiger partial charge on any atom is -0.486 e. The highest BCUT2D eigenvalue weighted by Crippen LogP contribution is 2.34. The van der Waals surface area contributed by atoms with E-state index >= 15 is 0 Å². The third-order valence-electron chi connectivity index (χ3n) is 3.64. The van der Waals surface area contributed by atoms with Crippen LogP contribution in [0.2, 0.25) is 5.02 Å². The van der Waals surface area contributed by atoms with Crippen LogP contribution in [0.5, 0.6) is 5.75 Å². The van der Waals surface area contributed by atoms with Crippen molar-refractivity contribution in [2.75, 3.05) is 18.1 Å². The number of hydrogen-bond acceptors (Lipinski definition) is 3. The summed E-state index contributed by atoms with van der Waals surface area (Å²) in [5.41, 5.74) is 2.26. The van der Waals surface area contributed by atoms with Crippen LogP contribution >= 0.6 is 11.6 Å².